The van der Waals surface area contributed by atoms with Gasteiger partial charge in [-0.1, -0.05) is 25.7 Å². The highest BCUT2D eigenvalue weighted by molar-refractivity contribution is 6.17. The fraction of sp³-hybridized carbons (Fsp3) is 0.929. The SMILES string of the molecule is CC(C)N(CCCCl)C(=O)CCC1CCCC1. The van der Waals surface area contributed by atoms with Crippen molar-refractivity contribution in [2.75, 3.05) is 12.4 Å². The molecule has 100 valence electrons. The molecule has 0 spiro atoms. The quantitative estimate of drug-likeness (QED) is 0.637. The van der Waals surface area contributed by atoms with Crippen molar-refractivity contribution in [3.05, 3.63) is 0 Å². The zero-order chi connectivity index (χ0) is 12.7. The van der Waals surface area contributed by atoms with Gasteiger partial charge in [0.05, 0.1) is 0 Å². The average Bonchev–Trinajstić information content (AvgIpc) is 2.79. The van der Waals surface area contributed by atoms with Crippen LogP contribution in [0.4, 0.5) is 0 Å². The molecule has 1 amide bonds. The van der Waals surface area contributed by atoms with Crippen molar-refractivity contribution >= 4 is 17.5 Å². The van der Waals surface area contributed by atoms with E-state index in [2.05, 4.69) is 13.8 Å². The van der Waals surface area contributed by atoms with Gasteiger partial charge < -0.3 is 4.90 Å². The number of alkyl halides is 1. The predicted octanol–water partition coefficient (Wildman–Crippen LogP) is 3.82. The Hall–Kier alpha value is -0.240. The normalized spacial score (nSPS) is 16.7. The number of carbonyl (C=O) groups is 1. The van der Waals surface area contributed by atoms with E-state index in [0.717, 1.165) is 31.7 Å². The van der Waals surface area contributed by atoms with Crippen LogP contribution in [0, 0.1) is 5.92 Å². The topological polar surface area (TPSA) is 20.3 Å². The third kappa shape index (κ3) is 5.29. The lowest BCUT2D eigenvalue weighted by molar-refractivity contribution is -0.133. The minimum atomic E-state index is 0.300. The zero-order valence-electron chi connectivity index (χ0n) is 11.3. The Kier molecular flexibility index (Phi) is 6.94. The second-order valence-corrected chi connectivity index (χ2v) is 5.79. The molecule has 1 saturated carbocycles. The van der Waals surface area contributed by atoms with E-state index >= 15 is 0 Å². The van der Waals surface area contributed by atoms with Crippen molar-refractivity contribution in [1.29, 1.82) is 0 Å². The van der Waals surface area contributed by atoms with Crippen molar-refractivity contribution in [3.8, 4) is 0 Å². The van der Waals surface area contributed by atoms with Crippen LogP contribution in [-0.4, -0.2) is 29.3 Å². The van der Waals surface area contributed by atoms with Gasteiger partial charge in [0.2, 0.25) is 5.91 Å². The Morgan fingerprint density at radius 3 is 2.53 bits per heavy atom. The molecule has 2 nitrogen and oxygen atoms in total. The third-order valence-corrected chi connectivity index (χ3v) is 3.98. The van der Waals surface area contributed by atoms with E-state index in [0.29, 0.717) is 17.8 Å². The van der Waals surface area contributed by atoms with Gasteiger partial charge >= 0.3 is 0 Å². The highest BCUT2D eigenvalue weighted by atomic mass is 35.5. The van der Waals surface area contributed by atoms with Crippen LogP contribution in [0.1, 0.15) is 58.8 Å². The number of rotatable bonds is 7. The van der Waals surface area contributed by atoms with E-state index in [-0.39, 0.29) is 0 Å². The van der Waals surface area contributed by atoms with Crippen LogP contribution >= 0.6 is 11.6 Å². The van der Waals surface area contributed by atoms with Crippen molar-refractivity contribution < 1.29 is 4.79 Å². The molecule has 0 atom stereocenters. The standard InChI is InChI=1S/C14H26ClNO/c1-12(2)16(11-5-10-15)14(17)9-8-13-6-3-4-7-13/h12-13H,3-11H2,1-2H3. The summed E-state index contributed by atoms with van der Waals surface area (Å²) in [4.78, 5) is 14.1. The Morgan fingerprint density at radius 1 is 1.35 bits per heavy atom. The van der Waals surface area contributed by atoms with Crippen LogP contribution in [0.15, 0.2) is 0 Å². The highest BCUT2D eigenvalue weighted by Crippen LogP contribution is 2.28. The number of amides is 1. The lowest BCUT2D eigenvalue weighted by atomic mass is 10.0. The summed E-state index contributed by atoms with van der Waals surface area (Å²) in [5.74, 6) is 1.76. The van der Waals surface area contributed by atoms with Gasteiger partial charge in [-0.3, -0.25) is 4.79 Å². The first kappa shape index (κ1) is 14.8. The molecule has 1 fully saturated rings. The van der Waals surface area contributed by atoms with Crippen molar-refractivity contribution in [2.45, 2.75) is 64.8 Å². The minimum Gasteiger partial charge on any atom is -0.340 e. The van der Waals surface area contributed by atoms with E-state index in [1.807, 2.05) is 4.90 Å². The third-order valence-electron chi connectivity index (χ3n) is 3.72. The molecular weight excluding hydrogens is 234 g/mol. The molecule has 0 aliphatic heterocycles. The van der Waals surface area contributed by atoms with E-state index in [1.54, 1.807) is 0 Å². The minimum absolute atomic E-state index is 0.300. The summed E-state index contributed by atoms with van der Waals surface area (Å²) in [6.45, 7) is 4.98. The van der Waals surface area contributed by atoms with Crippen molar-refractivity contribution in [3.63, 3.8) is 0 Å². The Bertz CT molecular complexity index is 224. The molecule has 0 radical (unpaired) electrons. The molecule has 0 unspecified atom stereocenters. The van der Waals surface area contributed by atoms with Gasteiger partial charge in [-0.2, -0.15) is 0 Å². The second-order valence-electron chi connectivity index (χ2n) is 5.41. The summed E-state index contributed by atoms with van der Waals surface area (Å²) >= 11 is 5.70. The fourth-order valence-corrected chi connectivity index (χ4v) is 2.79. The van der Waals surface area contributed by atoms with Crippen LogP contribution in [-0.2, 0) is 4.79 Å². The van der Waals surface area contributed by atoms with E-state index in [1.165, 1.54) is 25.7 Å². The molecule has 0 heterocycles. The summed E-state index contributed by atoms with van der Waals surface area (Å²) in [6.07, 6.45) is 8.09. The van der Waals surface area contributed by atoms with E-state index in [9.17, 15) is 4.79 Å². The Balaban J connectivity index is 2.30. The molecule has 1 aliphatic carbocycles. The number of hydrogen-bond donors (Lipinski definition) is 0. The van der Waals surface area contributed by atoms with Gasteiger partial charge in [-0.15, -0.1) is 11.6 Å². The monoisotopic (exact) mass is 259 g/mol. The average molecular weight is 260 g/mol. The Labute approximate surface area is 111 Å². The van der Waals surface area contributed by atoms with Gasteiger partial charge in [0.1, 0.15) is 0 Å². The number of hydrogen-bond acceptors (Lipinski definition) is 1. The number of nitrogens with zero attached hydrogens (tertiary/aromatic N) is 1. The maximum atomic E-state index is 12.1. The molecule has 0 aromatic heterocycles. The molecule has 1 rings (SSSR count). The van der Waals surface area contributed by atoms with Gasteiger partial charge in [-0.05, 0) is 32.6 Å². The predicted molar refractivity (Wildman–Crippen MR) is 73.4 cm³/mol. The lowest BCUT2D eigenvalue weighted by Crippen LogP contribution is -2.37. The highest BCUT2D eigenvalue weighted by Gasteiger charge is 2.20. The van der Waals surface area contributed by atoms with Gasteiger partial charge in [0.25, 0.3) is 0 Å². The smallest absolute Gasteiger partial charge is 0.222 e. The second kappa shape index (κ2) is 7.97. The zero-order valence-corrected chi connectivity index (χ0v) is 12.0. The van der Waals surface area contributed by atoms with Gasteiger partial charge in [0.15, 0.2) is 0 Å². The molecule has 0 bridgehead atoms. The summed E-state index contributed by atoms with van der Waals surface area (Å²) in [7, 11) is 0. The summed E-state index contributed by atoms with van der Waals surface area (Å²) in [6, 6.07) is 0.300. The van der Waals surface area contributed by atoms with Crippen LogP contribution in [0.25, 0.3) is 0 Å². The van der Waals surface area contributed by atoms with E-state index in [4.69, 9.17) is 11.6 Å². The maximum Gasteiger partial charge on any atom is 0.222 e. The van der Waals surface area contributed by atoms with Crippen molar-refractivity contribution in [2.24, 2.45) is 5.92 Å². The first-order valence-electron chi connectivity index (χ1n) is 7.00. The molecule has 0 aromatic rings. The molecule has 1 aliphatic rings. The molecule has 3 heteroatoms. The van der Waals surface area contributed by atoms with Gasteiger partial charge in [0, 0.05) is 24.9 Å². The van der Waals surface area contributed by atoms with Crippen LogP contribution in [0.3, 0.4) is 0 Å². The largest absolute Gasteiger partial charge is 0.340 e. The molecular formula is C14H26ClNO. The molecule has 0 N–H and O–H groups in total. The first-order valence-corrected chi connectivity index (χ1v) is 7.54. The summed E-state index contributed by atoms with van der Waals surface area (Å²) < 4.78 is 0. The fourth-order valence-electron chi connectivity index (χ4n) is 2.67. The Morgan fingerprint density at radius 2 is 2.00 bits per heavy atom. The molecule has 17 heavy (non-hydrogen) atoms. The maximum absolute atomic E-state index is 12.1. The van der Waals surface area contributed by atoms with Crippen molar-refractivity contribution in [1.82, 2.24) is 4.90 Å². The van der Waals surface area contributed by atoms with Crippen LogP contribution < -0.4 is 0 Å². The molecule has 0 saturated heterocycles. The number of carbonyl (C=O) groups excluding carboxylic acids is 1. The van der Waals surface area contributed by atoms with Gasteiger partial charge in [-0.25, -0.2) is 0 Å². The van der Waals surface area contributed by atoms with E-state index < -0.39 is 0 Å². The molecule has 0 aromatic carbocycles. The van der Waals surface area contributed by atoms with Crippen LogP contribution in [0.2, 0.25) is 0 Å². The summed E-state index contributed by atoms with van der Waals surface area (Å²) in [5.41, 5.74) is 0. The number of halogens is 1. The van der Waals surface area contributed by atoms with Crippen LogP contribution in [0.5, 0.6) is 0 Å². The first-order chi connectivity index (χ1) is 8.15. The summed E-state index contributed by atoms with van der Waals surface area (Å²) in [5, 5.41) is 0. The lowest BCUT2D eigenvalue weighted by Gasteiger charge is -2.27.